The second-order valence-corrected chi connectivity index (χ2v) is 3.98. The molecule has 0 N–H and O–H groups in total. The van der Waals surface area contributed by atoms with Gasteiger partial charge in [-0.05, 0) is 24.0 Å². The summed E-state index contributed by atoms with van der Waals surface area (Å²) in [5, 5.41) is 0. The molecule has 0 bridgehead atoms. The lowest BCUT2D eigenvalue weighted by Gasteiger charge is -2.13. The molecule has 1 heteroatoms. The first-order valence-corrected chi connectivity index (χ1v) is 5.75. The fourth-order valence-electron chi connectivity index (χ4n) is 1.80. The molecule has 1 nitrogen and oxygen atoms in total. The molecule has 1 rings (SSSR count). The van der Waals surface area contributed by atoms with Gasteiger partial charge in [0, 0.05) is 12.4 Å². The molecule has 1 atom stereocenters. The fourth-order valence-corrected chi connectivity index (χ4v) is 1.80. The Kier molecular flexibility index (Phi) is 5.28. The molecular formula is C13H21N. The molecule has 14 heavy (non-hydrogen) atoms. The Hall–Kier alpha value is -0.850. The monoisotopic (exact) mass is 191 g/mol. The van der Waals surface area contributed by atoms with Crippen molar-refractivity contribution in [1.82, 2.24) is 4.98 Å². The minimum absolute atomic E-state index is 0.846. The van der Waals surface area contributed by atoms with Gasteiger partial charge in [0.15, 0.2) is 0 Å². The van der Waals surface area contributed by atoms with Crippen LogP contribution in [0.2, 0.25) is 0 Å². The Labute approximate surface area is 87.6 Å². The molecule has 0 aromatic carbocycles. The minimum Gasteiger partial charge on any atom is -0.264 e. The van der Waals surface area contributed by atoms with Crippen molar-refractivity contribution in [3.8, 4) is 0 Å². The Morgan fingerprint density at radius 2 is 2.21 bits per heavy atom. The van der Waals surface area contributed by atoms with Crippen LogP contribution in [0.1, 0.15) is 45.1 Å². The number of hydrogen-bond acceptors (Lipinski definition) is 1. The third-order valence-corrected chi connectivity index (χ3v) is 2.79. The van der Waals surface area contributed by atoms with Crippen LogP contribution in [-0.4, -0.2) is 4.98 Å². The van der Waals surface area contributed by atoms with Crippen LogP contribution in [-0.2, 0) is 6.42 Å². The maximum absolute atomic E-state index is 4.15. The number of aromatic nitrogens is 1. The van der Waals surface area contributed by atoms with Crippen LogP contribution >= 0.6 is 0 Å². The van der Waals surface area contributed by atoms with Crippen molar-refractivity contribution < 1.29 is 0 Å². The van der Waals surface area contributed by atoms with E-state index in [0.717, 1.165) is 5.92 Å². The van der Waals surface area contributed by atoms with E-state index in [0.29, 0.717) is 0 Å². The zero-order chi connectivity index (χ0) is 10.2. The highest BCUT2D eigenvalue weighted by Gasteiger charge is 2.06. The molecule has 0 amide bonds. The highest BCUT2D eigenvalue weighted by atomic mass is 14.6. The van der Waals surface area contributed by atoms with E-state index in [2.05, 4.69) is 24.9 Å². The van der Waals surface area contributed by atoms with Gasteiger partial charge in [-0.1, -0.05) is 45.6 Å². The molecule has 1 aromatic rings. The standard InChI is InChI=1S/C13H21N/c1-3-5-7-12(4-2)10-13-8-6-9-14-11-13/h6,8-9,11-12H,3-5,7,10H2,1-2H3/t12-/m0/s1. The van der Waals surface area contributed by atoms with Crippen molar-refractivity contribution in [3.63, 3.8) is 0 Å². The van der Waals surface area contributed by atoms with Gasteiger partial charge in [-0.25, -0.2) is 0 Å². The molecular weight excluding hydrogens is 170 g/mol. The van der Waals surface area contributed by atoms with E-state index >= 15 is 0 Å². The normalized spacial score (nSPS) is 12.7. The first kappa shape index (κ1) is 11.2. The minimum atomic E-state index is 0.846. The molecule has 0 fully saturated rings. The molecule has 1 aromatic heterocycles. The van der Waals surface area contributed by atoms with E-state index in [9.17, 15) is 0 Å². The number of hydrogen-bond donors (Lipinski definition) is 0. The molecule has 0 spiro atoms. The van der Waals surface area contributed by atoms with Crippen molar-refractivity contribution >= 4 is 0 Å². The third kappa shape index (κ3) is 3.91. The van der Waals surface area contributed by atoms with Crippen molar-refractivity contribution in [2.24, 2.45) is 5.92 Å². The average molecular weight is 191 g/mol. The smallest absolute Gasteiger partial charge is 0.0299 e. The summed E-state index contributed by atoms with van der Waals surface area (Å²) in [5.74, 6) is 0.846. The van der Waals surface area contributed by atoms with Crippen LogP contribution in [0, 0.1) is 5.92 Å². The van der Waals surface area contributed by atoms with Gasteiger partial charge in [-0.15, -0.1) is 0 Å². The predicted octanol–water partition coefficient (Wildman–Crippen LogP) is 3.84. The average Bonchev–Trinajstić information content (AvgIpc) is 2.25. The SMILES string of the molecule is CCCC[C@H](CC)Cc1cccnc1. The van der Waals surface area contributed by atoms with Crippen molar-refractivity contribution in [1.29, 1.82) is 0 Å². The Bertz CT molecular complexity index is 230. The van der Waals surface area contributed by atoms with Gasteiger partial charge < -0.3 is 0 Å². The zero-order valence-corrected chi connectivity index (χ0v) is 9.37. The van der Waals surface area contributed by atoms with Crippen LogP contribution in [0.25, 0.3) is 0 Å². The number of rotatable bonds is 6. The van der Waals surface area contributed by atoms with Gasteiger partial charge in [0.25, 0.3) is 0 Å². The van der Waals surface area contributed by atoms with Gasteiger partial charge in [0.2, 0.25) is 0 Å². The summed E-state index contributed by atoms with van der Waals surface area (Å²) in [6.45, 7) is 4.55. The lowest BCUT2D eigenvalue weighted by Crippen LogP contribution is -2.03. The van der Waals surface area contributed by atoms with E-state index in [4.69, 9.17) is 0 Å². The molecule has 0 saturated heterocycles. The van der Waals surface area contributed by atoms with Crippen LogP contribution < -0.4 is 0 Å². The van der Waals surface area contributed by atoms with Crippen molar-refractivity contribution in [2.75, 3.05) is 0 Å². The van der Waals surface area contributed by atoms with Gasteiger partial charge >= 0.3 is 0 Å². The van der Waals surface area contributed by atoms with E-state index in [1.54, 1.807) is 0 Å². The topological polar surface area (TPSA) is 12.9 Å². The molecule has 78 valence electrons. The van der Waals surface area contributed by atoms with Gasteiger partial charge in [-0.3, -0.25) is 4.98 Å². The summed E-state index contributed by atoms with van der Waals surface area (Å²) >= 11 is 0. The largest absolute Gasteiger partial charge is 0.264 e. The molecule has 0 radical (unpaired) electrons. The highest BCUT2D eigenvalue weighted by Crippen LogP contribution is 2.17. The lowest BCUT2D eigenvalue weighted by atomic mass is 9.93. The summed E-state index contributed by atoms with van der Waals surface area (Å²) in [6.07, 6.45) is 10.4. The van der Waals surface area contributed by atoms with E-state index in [-0.39, 0.29) is 0 Å². The van der Waals surface area contributed by atoms with Crippen LogP contribution in [0.15, 0.2) is 24.5 Å². The molecule has 0 aliphatic heterocycles. The molecule has 0 aliphatic carbocycles. The summed E-state index contributed by atoms with van der Waals surface area (Å²) in [5.41, 5.74) is 1.38. The first-order valence-electron chi connectivity index (χ1n) is 5.75. The van der Waals surface area contributed by atoms with Crippen LogP contribution in [0.3, 0.4) is 0 Å². The Balaban J connectivity index is 2.40. The molecule has 0 saturated carbocycles. The predicted molar refractivity (Wildman–Crippen MR) is 61.2 cm³/mol. The van der Waals surface area contributed by atoms with E-state index < -0.39 is 0 Å². The fraction of sp³-hybridized carbons (Fsp3) is 0.615. The number of unbranched alkanes of at least 4 members (excludes halogenated alkanes) is 1. The Morgan fingerprint density at radius 3 is 2.79 bits per heavy atom. The van der Waals surface area contributed by atoms with Crippen LogP contribution in [0.5, 0.6) is 0 Å². The summed E-state index contributed by atoms with van der Waals surface area (Å²) in [6, 6.07) is 4.21. The maximum atomic E-state index is 4.15. The van der Waals surface area contributed by atoms with E-state index in [1.165, 1.54) is 37.7 Å². The van der Waals surface area contributed by atoms with Gasteiger partial charge in [0.1, 0.15) is 0 Å². The quantitative estimate of drug-likeness (QED) is 0.665. The third-order valence-electron chi connectivity index (χ3n) is 2.79. The zero-order valence-electron chi connectivity index (χ0n) is 9.37. The summed E-state index contributed by atoms with van der Waals surface area (Å²) < 4.78 is 0. The molecule has 1 heterocycles. The molecule has 0 aliphatic rings. The number of nitrogens with zero attached hydrogens (tertiary/aromatic N) is 1. The Morgan fingerprint density at radius 1 is 1.36 bits per heavy atom. The van der Waals surface area contributed by atoms with E-state index in [1.807, 2.05) is 18.5 Å². The summed E-state index contributed by atoms with van der Waals surface area (Å²) in [7, 11) is 0. The lowest BCUT2D eigenvalue weighted by molar-refractivity contribution is 0.449. The number of pyridine rings is 1. The van der Waals surface area contributed by atoms with Gasteiger partial charge in [-0.2, -0.15) is 0 Å². The highest BCUT2D eigenvalue weighted by molar-refractivity contribution is 5.09. The maximum Gasteiger partial charge on any atom is 0.0299 e. The first-order chi connectivity index (χ1) is 6.86. The second kappa shape index (κ2) is 6.58. The second-order valence-electron chi connectivity index (χ2n) is 3.98. The van der Waals surface area contributed by atoms with Crippen molar-refractivity contribution in [3.05, 3.63) is 30.1 Å². The van der Waals surface area contributed by atoms with Gasteiger partial charge in [0.05, 0.1) is 0 Å². The molecule has 0 unspecified atom stereocenters. The van der Waals surface area contributed by atoms with Crippen LogP contribution in [0.4, 0.5) is 0 Å². The summed E-state index contributed by atoms with van der Waals surface area (Å²) in [4.78, 5) is 4.15. The van der Waals surface area contributed by atoms with Crippen molar-refractivity contribution in [2.45, 2.75) is 46.0 Å².